The number of hydrogen-bond donors (Lipinski definition) is 3. The molecule has 0 spiro atoms. The number of hydrogen-bond acceptors (Lipinski definition) is 5. The highest BCUT2D eigenvalue weighted by atomic mass is 16.7. The number of carbonyl (C=O) groups is 1. The minimum Gasteiger partial charge on any atom is -0.481 e. The Balaban J connectivity index is 0.000000631. The van der Waals surface area contributed by atoms with E-state index in [1.54, 1.807) is 0 Å². The summed E-state index contributed by atoms with van der Waals surface area (Å²) in [5.41, 5.74) is 0. The van der Waals surface area contributed by atoms with Crippen molar-refractivity contribution in [2.75, 3.05) is 13.2 Å². The average molecular weight is 264 g/mol. The van der Waals surface area contributed by atoms with Gasteiger partial charge in [0.05, 0.1) is 12.2 Å². The van der Waals surface area contributed by atoms with Crippen molar-refractivity contribution in [3.8, 4) is 0 Å². The molecule has 3 N–H and O–H groups in total. The maximum atomic E-state index is 9.00. The average Bonchev–Trinajstić information content (AvgIpc) is 2.14. The molecule has 0 aromatic rings. The largest absolute Gasteiger partial charge is 0.481 e. The summed E-state index contributed by atoms with van der Waals surface area (Å²) in [6.45, 7) is 5.07. The third-order valence-electron chi connectivity index (χ3n) is 2.33. The van der Waals surface area contributed by atoms with E-state index >= 15 is 0 Å². The molecule has 18 heavy (non-hydrogen) atoms. The van der Waals surface area contributed by atoms with Crippen LogP contribution in [0.2, 0.25) is 0 Å². The second-order valence-electron chi connectivity index (χ2n) is 4.66. The second kappa shape index (κ2) is 8.42. The zero-order valence-corrected chi connectivity index (χ0v) is 11.3. The molecule has 0 saturated carbocycles. The van der Waals surface area contributed by atoms with Gasteiger partial charge in [0, 0.05) is 26.6 Å². The minimum absolute atomic E-state index is 0.0419. The fraction of sp³-hybridized carbons (Fsp3) is 0.917. The van der Waals surface area contributed by atoms with E-state index in [9.17, 15) is 0 Å². The molecular weight excluding hydrogens is 240 g/mol. The van der Waals surface area contributed by atoms with Crippen LogP contribution >= 0.6 is 0 Å². The number of aliphatic hydroxyl groups is 2. The fourth-order valence-corrected chi connectivity index (χ4v) is 1.86. The topological polar surface area (TPSA) is 96.2 Å². The fourth-order valence-electron chi connectivity index (χ4n) is 1.86. The monoisotopic (exact) mass is 264 g/mol. The van der Waals surface area contributed by atoms with Gasteiger partial charge in [-0.25, -0.2) is 0 Å². The van der Waals surface area contributed by atoms with Crippen LogP contribution in [0.1, 0.15) is 40.0 Å². The van der Waals surface area contributed by atoms with Gasteiger partial charge in [-0.05, 0) is 26.7 Å². The van der Waals surface area contributed by atoms with E-state index in [0.29, 0.717) is 12.8 Å². The first-order chi connectivity index (χ1) is 8.30. The molecule has 1 aliphatic rings. The molecule has 1 aliphatic heterocycles. The predicted molar refractivity (Wildman–Crippen MR) is 65.2 cm³/mol. The lowest BCUT2D eigenvalue weighted by Crippen LogP contribution is -2.45. The van der Waals surface area contributed by atoms with Gasteiger partial charge in [0.2, 0.25) is 0 Å². The van der Waals surface area contributed by atoms with Crippen molar-refractivity contribution >= 4 is 5.97 Å². The maximum absolute atomic E-state index is 9.00. The Kier molecular flexibility index (Phi) is 8.10. The molecule has 1 heterocycles. The molecule has 0 aliphatic carbocycles. The number of aliphatic carboxylic acids is 1. The van der Waals surface area contributed by atoms with Gasteiger partial charge in [0.1, 0.15) is 0 Å². The first-order valence-electron chi connectivity index (χ1n) is 6.07. The van der Waals surface area contributed by atoms with Crippen molar-refractivity contribution < 1.29 is 29.6 Å². The van der Waals surface area contributed by atoms with Crippen LogP contribution in [0.4, 0.5) is 0 Å². The summed E-state index contributed by atoms with van der Waals surface area (Å²) in [5, 5.41) is 25.1. The Morgan fingerprint density at radius 3 is 1.78 bits per heavy atom. The summed E-state index contributed by atoms with van der Waals surface area (Å²) in [6.07, 6.45) is 2.11. The quantitative estimate of drug-likeness (QED) is 0.693. The molecule has 1 fully saturated rings. The van der Waals surface area contributed by atoms with E-state index in [4.69, 9.17) is 29.6 Å². The molecule has 2 atom stereocenters. The molecule has 6 nitrogen and oxygen atoms in total. The van der Waals surface area contributed by atoms with Crippen molar-refractivity contribution in [1.29, 1.82) is 0 Å². The molecule has 2 unspecified atom stereocenters. The summed E-state index contributed by atoms with van der Waals surface area (Å²) < 4.78 is 11.3. The van der Waals surface area contributed by atoms with Crippen LogP contribution in [0.25, 0.3) is 0 Å². The van der Waals surface area contributed by atoms with Crippen LogP contribution in [0.5, 0.6) is 0 Å². The van der Waals surface area contributed by atoms with Crippen LogP contribution in [0.15, 0.2) is 0 Å². The predicted octanol–water partition coefficient (Wildman–Crippen LogP) is 0.752. The highest BCUT2D eigenvalue weighted by Crippen LogP contribution is 2.29. The van der Waals surface area contributed by atoms with E-state index in [0.717, 1.165) is 13.3 Å². The van der Waals surface area contributed by atoms with Gasteiger partial charge in [-0.1, -0.05) is 0 Å². The van der Waals surface area contributed by atoms with Gasteiger partial charge in [-0.15, -0.1) is 0 Å². The van der Waals surface area contributed by atoms with Crippen LogP contribution in [-0.2, 0) is 14.3 Å². The Morgan fingerprint density at radius 2 is 1.50 bits per heavy atom. The highest BCUT2D eigenvalue weighted by Gasteiger charge is 2.34. The molecule has 0 aromatic heterocycles. The molecule has 0 radical (unpaired) electrons. The first kappa shape index (κ1) is 17.3. The van der Waals surface area contributed by atoms with Crippen molar-refractivity contribution in [1.82, 2.24) is 0 Å². The van der Waals surface area contributed by atoms with Crippen LogP contribution in [-0.4, -0.2) is 52.5 Å². The van der Waals surface area contributed by atoms with Gasteiger partial charge in [0.25, 0.3) is 5.97 Å². The van der Waals surface area contributed by atoms with Crippen LogP contribution in [0, 0.1) is 0 Å². The lowest BCUT2D eigenvalue weighted by Gasteiger charge is -2.40. The number of ether oxygens (including phenoxy) is 2. The lowest BCUT2D eigenvalue weighted by molar-refractivity contribution is -0.302. The van der Waals surface area contributed by atoms with E-state index in [1.807, 2.05) is 13.8 Å². The molecule has 0 amide bonds. The summed E-state index contributed by atoms with van der Waals surface area (Å²) in [4.78, 5) is 9.00. The molecule has 1 saturated heterocycles. The van der Waals surface area contributed by atoms with Crippen LogP contribution < -0.4 is 0 Å². The molecule has 0 bridgehead atoms. The normalized spacial score (nSPS) is 26.1. The number of aliphatic hydroxyl groups excluding tert-OH is 2. The third kappa shape index (κ3) is 8.41. The third-order valence-corrected chi connectivity index (χ3v) is 2.33. The van der Waals surface area contributed by atoms with E-state index in [1.165, 1.54) is 0 Å². The first-order valence-corrected chi connectivity index (χ1v) is 6.07. The Morgan fingerprint density at radius 1 is 1.17 bits per heavy atom. The maximum Gasteiger partial charge on any atom is 0.300 e. The molecule has 6 heteroatoms. The SMILES string of the molecule is CC(=O)O.CC1(C)OC(CCO)CC(CCO)O1. The van der Waals surface area contributed by atoms with Crippen LogP contribution in [0.3, 0.4) is 0 Å². The smallest absolute Gasteiger partial charge is 0.300 e. The Labute approximate surface area is 108 Å². The van der Waals surface area contributed by atoms with Gasteiger partial charge < -0.3 is 24.8 Å². The van der Waals surface area contributed by atoms with Crippen molar-refractivity contribution in [3.63, 3.8) is 0 Å². The molecular formula is C12H24O6. The number of carboxylic acids is 1. The van der Waals surface area contributed by atoms with Crippen molar-refractivity contribution in [2.24, 2.45) is 0 Å². The minimum atomic E-state index is -0.833. The molecule has 108 valence electrons. The van der Waals surface area contributed by atoms with Crippen molar-refractivity contribution in [2.45, 2.75) is 58.0 Å². The second-order valence-corrected chi connectivity index (χ2v) is 4.66. The lowest BCUT2D eigenvalue weighted by atomic mass is 10.0. The highest BCUT2D eigenvalue weighted by molar-refractivity contribution is 5.62. The standard InChI is InChI=1S/C10H20O4.C2H4O2/c1-10(2)13-8(3-5-11)7-9(14-10)4-6-12;1-2(3)4/h8-9,11-12H,3-7H2,1-2H3;1H3,(H,3,4). The summed E-state index contributed by atoms with van der Waals surface area (Å²) in [6, 6.07) is 0. The van der Waals surface area contributed by atoms with Gasteiger partial charge >= 0.3 is 0 Å². The van der Waals surface area contributed by atoms with Crippen molar-refractivity contribution in [3.05, 3.63) is 0 Å². The Hall–Kier alpha value is -0.690. The Bertz CT molecular complexity index is 221. The summed E-state index contributed by atoms with van der Waals surface area (Å²) in [7, 11) is 0. The molecule has 0 aromatic carbocycles. The zero-order chi connectivity index (χ0) is 14.2. The number of rotatable bonds is 4. The summed E-state index contributed by atoms with van der Waals surface area (Å²) >= 11 is 0. The number of carboxylic acid groups (broad SMARTS) is 1. The molecule has 1 rings (SSSR count). The van der Waals surface area contributed by atoms with E-state index in [-0.39, 0.29) is 25.4 Å². The van der Waals surface area contributed by atoms with E-state index < -0.39 is 11.8 Å². The van der Waals surface area contributed by atoms with Gasteiger partial charge in [-0.3, -0.25) is 4.79 Å². The van der Waals surface area contributed by atoms with E-state index in [2.05, 4.69) is 0 Å². The van der Waals surface area contributed by atoms with Gasteiger partial charge in [0.15, 0.2) is 5.79 Å². The summed E-state index contributed by atoms with van der Waals surface area (Å²) in [5.74, 6) is -1.43. The van der Waals surface area contributed by atoms with Gasteiger partial charge in [-0.2, -0.15) is 0 Å². The zero-order valence-electron chi connectivity index (χ0n) is 11.3.